The Bertz CT molecular complexity index is 1450. The largest absolute Gasteiger partial charge is 0.337 e. The highest BCUT2D eigenvalue weighted by Gasteiger charge is 2.20. The van der Waals surface area contributed by atoms with E-state index in [0.717, 1.165) is 16.6 Å². The highest BCUT2D eigenvalue weighted by Crippen LogP contribution is 2.29. The van der Waals surface area contributed by atoms with E-state index in [9.17, 15) is 20.2 Å². The van der Waals surface area contributed by atoms with Crippen LogP contribution in [0.1, 0.15) is 22.5 Å². The van der Waals surface area contributed by atoms with Gasteiger partial charge in [-0.1, -0.05) is 0 Å². The molecule has 2 aromatic heterocycles. The van der Waals surface area contributed by atoms with Gasteiger partial charge in [0.15, 0.2) is 0 Å². The minimum absolute atomic E-state index is 0.157. The zero-order valence-corrected chi connectivity index (χ0v) is 16.8. The average molecular weight is 402 g/mol. The van der Waals surface area contributed by atoms with Crippen LogP contribution in [0.15, 0.2) is 29.1 Å². The summed E-state index contributed by atoms with van der Waals surface area (Å²) in [7, 11) is 3.15. The van der Waals surface area contributed by atoms with Gasteiger partial charge in [-0.15, -0.1) is 0 Å². The Morgan fingerprint density at radius 2 is 1.80 bits per heavy atom. The van der Waals surface area contributed by atoms with Crippen molar-refractivity contribution in [1.29, 1.82) is 5.26 Å². The molecular formula is C21H18N6O3. The number of nitrogens with one attached hydrogen (secondary N) is 1. The lowest BCUT2D eigenvalue weighted by Gasteiger charge is -2.02. The van der Waals surface area contributed by atoms with Crippen molar-refractivity contribution >= 4 is 39.4 Å². The first-order valence-corrected chi connectivity index (χ1v) is 9.14. The van der Waals surface area contributed by atoms with E-state index in [4.69, 9.17) is 0 Å². The van der Waals surface area contributed by atoms with Gasteiger partial charge in [-0.3, -0.25) is 19.2 Å². The number of aromatic amines is 1. The second-order valence-corrected chi connectivity index (χ2v) is 7.27. The molecule has 4 aromatic rings. The first kappa shape index (κ1) is 19.1. The van der Waals surface area contributed by atoms with Crippen LogP contribution >= 0.6 is 0 Å². The number of hydrogen-bond donors (Lipinski definition) is 1. The number of aryl methyl sites for hydroxylation is 4. The number of nitro benzene ring substituents is 1. The van der Waals surface area contributed by atoms with Gasteiger partial charge in [0.1, 0.15) is 11.9 Å². The highest BCUT2D eigenvalue weighted by molar-refractivity contribution is 5.94. The first-order valence-electron chi connectivity index (χ1n) is 9.14. The SMILES string of the molecule is Cc1cc2nc(/C(C#N)=C\c3cc4c(cc3[N+](=O)[O-])n(C)c(=O)n4C)[nH]c2cc1C. The van der Waals surface area contributed by atoms with E-state index in [1.54, 1.807) is 20.2 Å². The van der Waals surface area contributed by atoms with Crippen molar-refractivity contribution in [3.05, 3.63) is 67.4 Å². The molecule has 4 rings (SSSR count). The summed E-state index contributed by atoms with van der Waals surface area (Å²) in [5.41, 5.74) is 4.54. The van der Waals surface area contributed by atoms with Crippen LogP contribution in [0.4, 0.5) is 5.69 Å². The molecule has 30 heavy (non-hydrogen) atoms. The third-order valence-electron chi connectivity index (χ3n) is 5.39. The van der Waals surface area contributed by atoms with Crippen molar-refractivity contribution in [3.8, 4) is 6.07 Å². The molecule has 0 aliphatic rings. The molecule has 9 nitrogen and oxygen atoms in total. The van der Waals surface area contributed by atoms with Crippen molar-refractivity contribution in [3.63, 3.8) is 0 Å². The number of H-pyrrole nitrogens is 1. The number of fused-ring (bicyclic) bond motifs is 2. The zero-order chi connectivity index (χ0) is 21.7. The van der Waals surface area contributed by atoms with Crippen LogP contribution in [0, 0.1) is 35.3 Å². The van der Waals surface area contributed by atoms with Crippen molar-refractivity contribution in [2.24, 2.45) is 14.1 Å². The van der Waals surface area contributed by atoms with Gasteiger partial charge < -0.3 is 4.98 Å². The Labute approximate surface area is 170 Å². The molecule has 0 saturated carbocycles. The number of nitrogens with zero attached hydrogens (tertiary/aromatic N) is 5. The van der Waals surface area contributed by atoms with Crippen LogP contribution in [0.25, 0.3) is 33.7 Å². The molecule has 0 radical (unpaired) electrons. The zero-order valence-electron chi connectivity index (χ0n) is 16.8. The van der Waals surface area contributed by atoms with Crippen LogP contribution in [0.2, 0.25) is 0 Å². The number of nitriles is 1. The van der Waals surface area contributed by atoms with Crippen molar-refractivity contribution in [2.45, 2.75) is 13.8 Å². The number of nitro groups is 1. The summed E-state index contributed by atoms with van der Waals surface area (Å²) >= 11 is 0. The fraction of sp³-hybridized carbons (Fsp3) is 0.190. The second-order valence-electron chi connectivity index (χ2n) is 7.27. The van der Waals surface area contributed by atoms with E-state index in [1.807, 2.05) is 26.0 Å². The van der Waals surface area contributed by atoms with Gasteiger partial charge in [0.25, 0.3) is 5.69 Å². The smallest absolute Gasteiger partial charge is 0.328 e. The minimum atomic E-state index is -0.525. The van der Waals surface area contributed by atoms with E-state index in [2.05, 4.69) is 16.0 Å². The average Bonchev–Trinajstić information content (AvgIpc) is 3.20. The number of allylic oxidation sites excluding steroid dienone is 1. The minimum Gasteiger partial charge on any atom is -0.337 e. The molecule has 0 aliphatic heterocycles. The van der Waals surface area contributed by atoms with Crippen molar-refractivity contribution in [2.75, 3.05) is 0 Å². The van der Waals surface area contributed by atoms with Gasteiger partial charge in [0, 0.05) is 20.2 Å². The topological polar surface area (TPSA) is 123 Å². The normalized spacial score (nSPS) is 11.9. The van der Waals surface area contributed by atoms with E-state index in [-0.39, 0.29) is 22.5 Å². The first-order chi connectivity index (χ1) is 14.2. The lowest BCUT2D eigenvalue weighted by molar-refractivity contribution is -0.385. The van der Waals surface area contributed by atoms with E-state index in [1.165, 1.54) is 21.3 Å². The van der Waals surface area contributed by atoms with Gasteiger partial charge in [-0.25, -0.2) is 9.78 Å². The molecule has 0 saturated heterocycles. The summed E-state index contributed by atoms with van der Waals surface area (Å²) in [6.45, 7) is 3.96. The molecule has 1 N–H and O–H groups in total. The Morgan fingerprint density at radius 1 is 1.17 bits per heavy atom. The summed E-state index contributed by atoms with van der Waals surface area (Å²) in [5, 5.41) is 21.4. The van der Waals surface area contributed by atoms with E-state index >= 15 is 0 Å². The van der Waals surface area contributed by atoms with Crippen LogP contribution in [-0.2, 0) is 14.1 Å². The lowest BCUT2D eigenvalue weighted by Crippen LogP contribution is -2.19. The number of hydrogen-bond acceptors (Lipinski definition) is 5. The number of aromatic nitrogens is 4. The van der Waals surface area contributed by atoms with E-state index < -0.39 is 4.92 Å². The van der Waals surface area contributed by atoms with Crippen LogP contribution in [-0.4, -0.2) is 24.0 Å². The van der Waals surface area contributed by atoms with Gasteiger partial charge >= 0.3 is 5.69 Å². The van der Waals surface area contributed by atoms with Gasteiger partial charge in [0.2, 0.25) is 0 Å². The molecule has 2 heterocycles. The maximum atomic E-state index is 12.2. The molecule has 0 unspecified atom stereocenters. The predicted molar refractivity (Wildman–Crippen MR) is 114 cm³/mol. The maximum Gasteiger partial charge on any atom is 0.328 e. The van der Waals surface area contributed by atoms with Crippen LogP contribution < -0.4 is 5.69 Å². The van der Waals surface area contributed by atoms with Crippen LogP contribution in [0.5, 0.6) is 0 Å². The summed E-state index contributed by atoms with van der Waals surface area (Å²) in [5.74, 6) is 0.328. The number of imidazole rings is 2. The molecule has 0 aliphatic carbocycles. The Morgan fingerprint density at radius 3 is 2.43 bits per heavy atom. The second kappa shape index (κ2) is 6.70. The van der Waals surface area contributed by atoms with Crippen LogP contribution in [0.3, 0.4) is 0 Å². The van der Waals surface area contributed by atoms with Crippen molar-refractivity contribution < 1.29 is 4.92 Å². The Kier molecular flexibility index (Phi) is 4.28. The Hall–Kier alpha value is -4.19. The molecule has 0 spiro atoms. The summed E-state index contributed by atoms with van der Waals surface area (Å²) in [4.78, 5) is 30.9. The fourth-order valence-corrected chi connectivity index (χ4v) is 3.53. The highest BCUT2D eigenvalue weighted by atomic mass is 16.6. The summed E-state index contributed by atoms with van der Waals surface area (Å²) in [6.07, 6.45) is 1.42. The number of rotatable bonds is 3. The molecule has 150 valence electrons. The molecular weight excluding hydrogens is 384 g/mol. The summed E-state index contributed by atoms with van der Waals surface area (Å²) < 4.78 is 2.76. The lowest BCUT2D eigenvalue weighted by atomic mass is 10.1. The monoisotopic (exact) mass is 402 g/mol. The van der Waals surface area contributed by atoms with E-state index in [0.29, 0.717) is 22.4 Å². The maximum absolute atomic E-state index is 12.2. The third-order valence-corrected chi connectivity index (χ3v) is 5.39. The van der Waals surface area contributed by atoms with Gasteiger partial charge in [-0.2, -0.15) is 5.26 Å². The van der Waals surface area contributed by atoms with Gasteiger partial charge in [0.05, 0.1) is 38.1 Å². The van der Waals surface area contributed by atoms with Gasteiger partial charge in [-0.05, 0) is 49.2 Å². The molecule has 0 amide bonds. The number of benzene rings is 2. The summed E-state index contributed by atoms with van der Waals surface area (Å²) in [6, 6.07) is 8.84. The quantitative estimate of drug-likeness (QED) is 0.320. The third kappa shape index (κ3) is 2.86. The predicted octanol–water partition coefficient (Wildman–Crippen LogP) is 3.34. The Balaban J connectivity index is 1.95. The molecule has 0 fully saturated rings. The molecule has 0 bridgehead atoms. The molecule has 0 atom stereocenters. The fourth-order valence-electron chi connectivity index (χ4n) is 3.53. The molecule has 2 aromatic carbocycles. The molecule has 9 heteroatoms. The standard InChI is InChI=1S/C21H18N6O3/c1-11-5-15-16(6-12(11)2)24-20(23-15)14(10-22)7-13-8-18-19(9-17(13)27(29)30)26(4)21(28)25(18)3/h5-9H,1-4H3,(H,23,24)/b14-7-. The van der Waals surface area contributed by atoms with Crippen molar-refractivity contribution in [1.82, 2.24) is 19.1 Å².